The lowest BCUT2D eigenvalue weighted by atomic mass is 10.0. The van der Waals surface area contributed by atoms with Crippen LogP contribution in [0.4, 0.5) is 0 Å². The van der Waals surface area contributed by atoms with Gasteiger partial charge in [0.25, 0.3) is 0 Å². The summed E-state index contributed by atoms with van der Waals surface area (Å²) in [6, 6.07) is 7.25. The van der Waals surface area contributed by atoms with E-state index in [9.17, 15) is 9.59 Å². The van der Waals surface area contributed by atoms with Crippen LogP contribution in [0.5, 0.6) is 0 Å². The highest BCUT2D eigenvalue weighted by molar-refractivity contribution is 9.11. The maximum Gasteiger partial charge on any atom is 0.419 e. The SMILES string of the molecule is Cn1c(=O)oc2c(-c3c(Br)ccc4c3oc(=O)n4C)c(Br)ccc21. The smallest absolute Gasteiger partial charge is 0.407 e. The highest BCUT2D eigenvalue weighted by Crippen LogP contribution is 2.42. The number of nitrogens with zero attached hydrogens (tertiary/aromatic N) is 2. The van der Waals surface area contributed by atoms with Gasteiger partial charge in [-0.15, -0.1) is 0 Å². The summed E-state index contributed by atoms with van der Waals surface area (Å²) in [5, 5.41) is 0. The number of oxazole rings is 2. The van der Waals surface area contributed by atoms with Crippen molar-refractivity contribution in [1.29, 1.82) is 0 Å². The Kier molecular flexibility index (Phi) is 3.36. The van der Waals surface area contributed by atoms with Crippen molar-refractivity contribution in [1.82, 2.24) is 9.13 Å². The summed E-state index contributed by atoms with van der Waals surface area (Å²) in [5.74, 6) is -0.913. The molecule has 0 saturated carbocycles. The van der Waals surface area contributed by atoms with Gasteiger partial charge in [0, 0.05) is 34.2 Å². The van der Waals surface area contributed by atoms with E-state index in [0.717, 1.165) is 8.95 Å². The zero-order valence-corrected chi connectivity index (χ0v) is 15.8. The molecular weight excluding hydrogens is 444 g/mol. The van der Waals surface area contributed by atoms with Gasteiger partial charge in [-0.2, -0.15) is 0 Å². The molecule has 4 rings (SSSR count). The highest BCUT2D eigenvalue weighted by Gasteiger charge is 2.22. The normalized spacial score (nSPS) is 11.7. The summed E-state index contributed by atoms with van der Waals surface area (Å²) in [6.07, 6.45) is 0. The second-order valence-electron chi connectivity index (χ2n) is 5.40. The fourth-order valence-corrected chi connectivity index (χ4v) is 3.83. The van der Waals surface area contributed by atoms with Crippen LogP contribution in [0.25, 0.3) is 33.3 Å². The monoisotopic (exact) mass is 452 g/mol. The van der Waals surface area contributed by atoms with Gasteiger partial charge < -0.3 is 8.83 Å². The number of hydrogen-bond acceptors (Lipinski definition) is 4. The third-order valence-corrected chi connectivity index (χ3v) is 5.39. The molecule has 0 unspecified atom stereocenters. The summed E-state index contributed by atoms with van der Waals surface area (Å²) < 4.78 is 15.2. The summed E-state index contributed by atoms with van der Waals surface area (Å²) >= 11 is 7.03. The zero-order valence-electron chi connectivity index (χ0n) is 12.6. The number of aryl methyl sites for hydroxylation is 2. The van der Waals surface area contributed by atoms with Crippen LogP contribution >= 0.6 is 31.9 Å². The van der Waals surface area contributed by atoms with Gasteiger partial charge in [0.15, 0.2) is 11.2 Å². The third kappa shape index (κ3) is 1.99. The van der Waals surface area contributed by atoms with E-state index >= 15 is 0 Å². The van der Waals surface area contributed by atoms with E-state index in [4.69, 9.17) is 8.83 Å². The van der Waals surface area contributed by atoms with E-state index in [2.05, 4.69) is 31.9 Å². The molecule has 0 N–H and O–H groups in total. The third-order valence-electron chi connectivity index (χ3n) is 4.07. The maximum atomic E-state index is 11.9. The van der Waals surface area contributed by atoms with Crippen molar-refractivity contribution in [3.63, 3.8) is 0 Å². The van der Waals surface area contributed by atoms with Crippen LogP contribution in [-0.2, 0) is 14.1 Å². The van der Waals surface area contributed by atoms with E-state index in [1.165, 1.54) is 9.13 Å². The molecule has 4 aromatic rings. The van der Waals surface area contributed by atoms with E-state index < -0.39 is 11.5 Å². The Balaban J connectivity index is 2.26. The predicted molar refractivity (Wildman–Crippen MR) is 97.3 cm³/mol. The lowest BCUT2D eigenvalue weighted by Crippen LogP contribution is -2.08. The van der Waals surface area contributed by atoms with Crippen molar-refractivity contribution >= 4 is 54.1 Å². The van der Waals surface area contributed by atoms with Crippen molar-refractivity contribution in [2.45, 2.75) is 0 Å². The van der Waals surface area contributed by atoms with Gasteiger partial charge in [0.1, 0.15) is 0 Å². The Morgan fingerprint density at radius 3 is 1.50 bits per heavy atom. The zero-order chi connectivity index (χ0) is 17.2. The van der Waals surface area contributed by atoms with Crippen molar-refractivity contribution in [3.05, 3.63) is 54.3 Å². The molecule has 0 bridgehead atoms. The van der Waals surface area contributed by atoms with Crippen LogP contribution < -0.4 is 11.5 Å². The molecule has 0 spiro atoms. The first-order valence-electron chi connectivity index (χ1n) is 6.96. The van der Waals surface area contributed by atoms with Crippen LogP contribution in [0.1, 0.15) is 0 Å². The molecule has 0 saturated heterocycles. The van der Waals surface area contributed by atoms with E-state index in [-0.39, 0.29) is 0 Å². The van der Waals surface area contributed by atoms with Crippen molar-refractivity contribution < 1.29 is 8.83 Å². The standard InChI is InChI=1S/C16H10Br2N2O4/c1-19-9-5-3-7(17)11(13(9)23-15(19)21)12-8(18)4-6-10-14(12)24-16(22)20(10)2/h3-6H,1-2H3. The highest BCUT2D eigenvalue weighted by atomic mass is 79.9. The van der Waals surface area contributed by atoms with Crippen molar-refractivity contribution in [2.75, 3.05) is 0 Å². The number of fused-ring (bicyclic) bond motifs is 2. The summed E-state index contributed by atoms with van der Waals surface area (Å²) in [4.78, 5) is 23.9. The van der Waals surface area contributed by atoms with Gasteiger partial charge in [-0.05, 0) is 24.3 Å². The second kappa shape index (κ2) is 5.22. The Labute approximate surface area is 151 Å². The molecule has 8 heteroatoms. The largest absolute Gasteiger partial charge is 0.419 e. The lowest BCUT2D eigenvalue weighted by molar-refractivity contribution is 0.525. The first-order chi connectivity index (χ1) is 11.4. The van der Waals surface area contributed by atoms with Gasteiger partial charge in [-0.3, -0.25) is 9.13 Å². The molecular formula is C16H10Br2N2O4. The van der Waals surface area contributed by atoms with Gasteiger partial charge in [0.2, 0.25) is 0 Å². The van der Waals surface area contributed by atoms with Crippen LogP contribution in [0.2, 0.25) is 0 Å². The van der Waals surface area contributed by atoms with Gasteiger partial charge in [0.05, 0.1) is 11.0 Å². The Hall–Kier alpha value is -2.06. The molecule has 0 aliphatic carbocycles. The van der Waals surface area contributed by atoms with Crippen LogP contribution in [-0.4, -0.2) is 9.13 Å². The molecule has 0 amide bonds. The average Bonchev–Trinajstić information content (AvgIpc) is 2.98. The van der Waals surface area contributed by atoms with Gasteiger partial charge in [-0.25, -0.2) is 9.59 Å². The quantitative estimate of drug-likeness (QED) is 0.440. The number of benzene rings is 2. The Morgan fingerprint density at radius 1 is 0.750 bits per heavy atom. The minimum atomic E-state index is -0.456. The van der Waals surface area contributed by atoms with Crippen molar-refractivity contribution in [2.24, 2.45) is 14.1 Å². The molecule has 122 valence electrons. The lowest BCUT2D eigenvalue weighted by Gasteiger charge is -2.08. The molecule has 2 heterocycles. The number of hydrogen-bond donors (Lipinski definition) is 0. The minimum Gasteiger partial charge on any atom is -0.407 e. The summed E-state index contributed by atoms with van der Waals surface area (Å²) in [6.45, 7) is 0. The summed E-state index contributed by atoms with van der Waals surface area (Å²) in [7, 11) is 3.29. The second-order valence-corrected chi connectivity index (χ2v) is 7.10. The number of halogens is 2. The van der Waals surface area contributed by atoms with E-state index in [1.54, 1.807) is 26.2 Å². The fourth-order valence-electron chi connectivity index (χ4n) is 2.80. The summed E-state index contributed by atoms with van der Waals surface area (Å²) in [5.41, 5.74) is 3.46. The molecule has 2 aromatic carbocycles. The predicted octanol–water partition coefficient (Wildman–Crippen LogP) is 3.77. The molecule has 0 fully saturated rings. The molecule has 0 aliphatic heterocycles. The topological polar surface area (TPSA) is 70.3 Å². The number of rotatable bonds is 1. The van der Waals surface area contributed by atoms with Crippen LogP contribution in [0.3, 0.4) is 0 Å². The maximum absolute atomic E-state index is 11.9. The molecule has 6 nitrogen and oxygen atoms in total. The first-order valence-corrected chi connectivity index (χ1v) is 8.55. The number of aromatic nitrogens is 2. The van der Waals surface area contributed by atoms with Crippen molar-refractivity contribution in [3.8, 4) is 11.1 Å². The molecule has 2 aromatic heterocycles. The molecule has 24 heavy (non-hydrogen) atoms. The molecule has 0 atom stereocenters. The van der Waals surface area contributed by atoms with Gasteiger partial charge in [-0.1, -0.05) is 31.9 Å². The van der Waals surface area contributed by atoms with E-state index in [1.807, 2.05) is 12.1 Å². The van der Waals surface area contributed by atoms with Crippen LogP contribution in [0.15, 0.2) is 51.6 Å². The molecule has 0 aliphatic rings. The van der Waals surface area contributed by atoms with Gasteiger partial charge >= 0.3 is 11.5 Å². The Morgan fingerprint density at radius 2 is 1.12 bits per heavy atom. The molecule has 0 radical (unpaired) electrons. The first kappa shape index (κ1) is 15.5. The minimum absolute atomic E-state index is 0.427. The van der Waals surface area contributed by atoms with Crippen LogP contribution in [0, 0.1) is 0 Å². The average molecular weight is 454 g/mol. The Bertz CT molecular complexity index is 1150. The fraction of sp³-hybridized carbons (Fsp3) is 0.125. The van der Waals surface area contributed by atoms with E-state index in [0.29, 0.717) is 33.3 Å².